The summed E-state index contributed by atoms with van der Waals surface area (Å²) >= 11 is 0. The van der Waals surface area contributed by atoms with E-state index in [9.17, 15) is 9.50 Å². The van der Waals surface area contributed by atoms with E-state index in [0.29, 0.717) is 19.7 Å². The largest absolute Gasteiger partial charge is 0.492 e. The number of hydrogen-bond donors (Lipinski definition) is 1. The van der Waals surface area contributed by atoms with Gasteiger partial charge in [-0.1, -0.05) is 36.4 Å². The Morgan fingerprint density at radius 1 is 1.07 bits per heavy atom. The number of nitrogens with zero attached hydrogens (tertiary/aromatic N) is 1. The molecular formula is C25H26FNO3. The molecule has 0 aromatic heterocycles. The Morgan fingerprint density at radius 3 is 2.60 bits per heavy atom. The van der Waals surface area contributed by atoms with E-state index in [1.807, 2.05) is 60.7 Å². The molecule has 5 heteroatoms. The molecular weight excluding hydrogens is 381 g/mol. The molecule has 4 rings (SSSR count). The normalized spacial score (nSPS) is 16.1. The van der Waals surface area contributed by atoms with E-state index in [1.165, 1.54) is 12.1 Å². The average Bonchev–Trinajstić information content (AvgIpc) is 2.96. The van der Waals surface area contributed by atoms with E-state index in [0.717, 1.165) is 34.7 Å². The summed E-state index contributed by atoms with van der Waals surface area (Å²) in [6, 6.07) is 21.9. The lowest BCUT2D eigenvalue weighted by atomic mass is 9.94. The van der Waals surface area contributed by atoms with E-state index in [2.05, 4.69) is 4.90 Å². The van der Waals surface area contributed by atoms with Crippen LogP contribution in [0.5, 0.6) is 11.5 Å². The smallest absolute Gasteiger partial charge is 0.123 e. The Hall–Kier alpha value is -2.89. The summed E-state index contributed by atoms with van der Waals surface area (Å²) in [7, 11) is 0. The summed E-state index contributed by atoms with van der Waals surface area (Å²) < 4.78 is 24.9. The first-order chi connectivity index (χ1) is 14.5. The van der Waals surface area contributed by atoms with E-state index in [-0.39, 0.29) is 12.4 Å². The molecule has 1 aliphatic rings. The highest BCUT2D eigenvalue weighted by atomic mass is 19.1. The van der Waals surface area contributed by atoms with Crippen molar-refractivity contribution in [1.29, 1.82) is 0 Å². The molecule has 0 radical (unpaired) electrons. The second-order valence-corrected chi connectivity index (χ2v) is 7.88. The Morgan fingerprint density at radius 2 is 1.83 bits per heavy atom. The van der Waals surface area contributed by atoms with Crippen LogP contribution in [-0.4, -0.2) is 29.8 Å². The standard InChI is InChI=1S/C25H26FNO3/c1-25(28,18-30-23-5-3-2-4-6-23)21-9-12-24-20(15-21)17-27(13-14-29-24)16-19-7-10-22(26)11-8-19/h2-12,15,28H,13-14,16-18H2,1H3/t25-/m1/s1. The zero-order valence-corrected chi connectivity index (χ0v) is 17.1. The van der Waals surface area contributed by atoms with Crippen LogP contribution in [-0.2, 0) is 18.7 Å². The summed E-state index contributed by atoms with van der Waals surface area (Å²) in [5, 5.41) is 11.0. The van der Waals surface area contributed by atoms with Crippen molar-refractivity contribution in [3.8, 4) is 11.5 Å². The third-order valence-electron chi connectivity index (χ3n) is 5.32. The third kappa shape index (κ3) is 4.99. The average molecular weight is 407 g/mol. The SMILES string of the molecule is C[C@@](O)(COc1ccccc1)c1ccc2c(c1)CN(Cc1ccc(F)cc1)CCO2. The molecule has 0 spiro atoms. The highest BCUT2D eigenvalue weighted by Crippen LogP contribution is 2.30. The highest BCUT2D eigenvalue weighted by molar-refractivity contribution is 5.40. The van der Waals surface area contributed by atoms with Gasteiger partial charge in [-0.2, -0.15) is 0 Å². The number of aliphatic hydroxyl groups is 1. The fourth-order valence-electron chi connectivity index (χ4n) is 3.59. The molecule has 0 amide bonds. The van der Waals surface area contributed by atoms with Crippen LogP contribution < -0.4 is 9.47 Å². The van der Waals surface area contributed by atoms with Crippen LogP contribution in [0.3, 0.4) is 0 Å². The van der Waals surface area contributed by atoms with Crippen molar-refractivity contribution in [1.82, 2.24) is 4.90 Å². The fourth-order valence-corrected chi connectivity index (χ4v) is 3.59. The first-order valence-electron chi connectivity index (χ1n) is 10.1. The minimum atomic E-state index is -1.14. The topological polar surface area (TPSA) is 41.9 Å². The van der Waals surface area contributed by atoms with Crippen LogP contribution in [0.2, 0.25) is 0 Å². The predicted octanol–water partition coefficient (Wildman–Crippen LogP) is 4.51. The molecule has 3 aromatic rings. The van der Waals surface area contributed by atoms with Gasteiger partial charge in [0, 0.05) is 25.2 Å². The van der Waals surface area contributed by atoms with Crippen LogP contribution in [0.4, 0.5) is 4.39 Å². The first kappa shape index (κ1) is 20.4. The number of fused-ring (bicyclic) bond motifs is 1. The summed E-state index contributed by atoms with van der Waals surface area (Å²) in [6.07, 6.45) is 0. The summed E-state index contributed by atoms with van der Waals surface area (Å²) in [4.78, 5) is 2.26. The van der Waals surface area contributed by atoms with Crippen LogP contribution >= 0.6 is 0 Å². The molecule has 1 atom stereocenters. The van der Waals surface area contributed by atoms with Crippen molar-refractivity contribution in [2.75, 3.05) is 19.8 Å². The van der Waals surface area contributed by atoms with Crippen LogP contribution in [0.15, 0.2) is 72.8 Å². The lowest BCUT2D eigenvalue weighted by Gasteiger charge is -2.25. The molecule has 4 nitrogen and oxygen atoms in total. The Balaban J connectivity index is 1.48. The van der Waals surface area contributed by atoms with Gasteiger partial charge in [0.15, 0.2) is 0 Å². The van der Waals surface area contributed by atoms with E-state index in [4.69, 9.17) is 9.47 Å². The minimum absolute atomic E-state index is 0.149. The summed E-state index contributed by atoms with van der Waals surface area (Å²) in [5.74, 6) is 1.33. The Labute approximate surface area is 176 Å². The van der Waals surface area contributed by atoms with E-state index < -0.39 is 5.60 Å². The maximum Gasteiger partial charge on any atom is 0.123 e. The van der Waals surface area contributed by atoms with Crippen LogP contribution in [0.1, 0.15) is 23.6 Å². The van der Waals surface area contributed by atoms with Crippen molar-refractivity contribution >= 4 is 0 Å². The Kier molecular flexibility index (Phi) is 6.02. The van der Waals surface area contributed by atoms with Gasteiger partial charge >= 0.3 is 0 Å². The lowest BCUT2D eigenvalue weighted by molar-refractivity contribution is 0.00748. The zero-order chi connectivity index (χ0) is 21.0. The lowest BCUT2D eigenvalue weighted by Crippen LogP contribution is -2.30. The van der Waals surface area contributed by atoms with E-state index in [1.54, 1.807) is 6.92 Å². The second kappa shape index (κ2) is 8.86. The number of halogens is 1. The van der Waals surface area contributed by atoms with Crippen molar-refractivity contribution in [3.63, 3.8) is 0 Å². The van der Waals surface area contributed by atoms with Gasteiger partial charge in [-0.15, -0.1) is 0 Å². The quantitative estimate of drug-likeness (QED) is 0.653. The molecule has 0 unspecified atom stereocenters. The first-order valence-corrected chi connectivity index (χ1v) is 10.1. The molecule has 0 aliphatic carbocycles. The van der Waals surface area contributed by atoms with Crippen molar-refractivity contribution in [3.05, 3.63) is 95.3 Å². The molecule has 1 N–H and O–H groups in total. The molecule has 3 aromatic carbocycles. The van der Waals surface area contributed by atoms with Gasteiger partial charge in [-0.3, -0.25) is 4.90 Å². The molecule has 0 saturated carbocycles. The molecule has 0 bridgehead atoms. The number of para-hydroxylation sites is 1. The van der Waals surface area contributed by atoms with Gasteiger partial charge in [0.05, 0.1) is 0 Å². The molecule has 0 saturated heterocycles. The van der Waals surface area contributed by atoms with E-state index >= 15 is 0 Å². The summed E-state index contributed by atoms with van der Waals surface area (Å²) in [5.41, 5.74) is 1.72. The van der Waals surface area contributed by atoms with Crippen molar-refractivity contribution < 1.29 is 19.0 Å². The number of rotatable bonds is 6. The molecule has 156 valence electrons. The molecule has 1 aliphatic heterocycles. The van der Waals surface area contributed by atoms with Gasteiger partial charge in [-0.05, 0) is 54.4 Å². The zero-order valence-electron chi connectivity index (χ0n) is 17.1. The minimum Gasteiger partial charge on any atom is -0.492 e. The van der Waals surface area contributed by atoms with Gasteiger partial charge in [0.2, 0.25) is 0 Å². The van der Waals surface area contributed by atoms with Gasteiger partial charge in [0.1, 0.15) is 36.1 Å². The highest BCUT2D eigenvalue weighted by Gasteiger charge is 2.26. The maximum atomic E-state index is 13.2. The second-order valence-electron chi connectivity index (χ2n) is 7.88. The molecule has 0 fully saturated rings. The van der Waals surface area contributed by atoms with Gasteiger partial charge in [-0.25, -0.2) is 4.39 Å². The van der Waals surface area contributed by atoms with Crippen molar-refractivity contribution in [2.24, 2.45) is 0 Å². The van der Waals surface area contributed by atoms with Crippen molar-refractivity contribution in [2.45, 2.75) is 25.6 Å². The molecule has 30 heavy (non-hydrogen) atoms. The predicted molar refractivity (Wildman–Crippen MR) is 114 cm³/mol. The fraction of sp³-hybridized carbons (Fsp3) is 0.280. The Bertz CT molecular complexity index is 973. The van der Waals surface area contributed by atoms with Gasteiger partial charge in [0.25, 0.3) is 0 Å². The van der Waals surface area contributed by atoms with Crippen LogP contribution in [0, 0.1) is 5.82 Å². The number of ether oxygens (including phenoxy) is 2. The maximum absolute atomic E-state index is 13.2. The monoisotopic (exact) mass is 407 g/mol. The number of hydrogen-bond acceptors (Lipinski definition) is 4. The molecule has 1 heterocycles. The van der Waals surface area contributed by atoms with Gasteiger partial charge < -0.3 is 14.6 Å². The third-order valence-corrected chi connectivity index (χ3v) is 5.32. The van der Waals surface area contributed by atoms with Crippen LogP contribution in [0.25, 0.3) is 0 Å². The summed E-state index contributed by atoms with van der Waals surface area (Å²) in [6.45, 7) is 4.66. The number of benzene rings is 3.